The summed E-state index contributed by atoms with van der Waals surface area (Å²) in [6.07, 6.45) is 3.20. The van der Waals surface area contributed by atoms with Gasteiger partial charge in [0.1, 0.15) is 0 Å². The highest BCUT2D eigenvalue weighted by molar-refractivity contribution is 7.99. The van der Waals surface area contributed by atoms with Gasteiger partial charge in [-0.3, -0.25) is 4.79 Å². The third kappa shape index (κ3) is 3.06. The summed E-state index contributed by atoms with van der Waals surface area (Å²) in [5, 5.41) is 1.04. The predicted octanol–water partition coefficient (Wildman–Crippen LogP) is 3.41. The van der Waals surface area contributed by atoms with E-state index in [2.05, 4.69) is 18.7 Å². The van der Waals surface area contributed by atoms with Crippen molar-refractivity contribution in [3.8, 4) is 0 Å². The van der Waals surface area contributed by atoms with E-state index in [0.29, 0.717) is 5.92 Å². The third-order valence-corrected chi connectivity index (χ3v) is 5.45. The Hall–Kier alpha value is -0.550. The Morgan fingerprint density at radius 2 is 2.28 bits per heavy atom. The zero-order valence-electron chi connectivity index (χ0n) is 11.0. The summed E-state index contributed by atoms with van der Waals surface area (Å²) in [5.41, 5.74) is 0.990. The van der Waals surface area contributed by atoms with Crippen LogP contribution in [0.1, 0.15) is 48.0 Å². The van der Waals surface area contributed by atoms with Crippen LogP contribution < -0.4 is 4.90 Å². The molecule has 0 aromatic carbocycles. The van der Waals surface area contributed by atoms with Crippen molar-refractivity contribution in [3.63, 3.8) is 0 Å². The SMILES string of the molecule is CCC(C)c1nc(N2CCCSCC2)sc1C=O. The number of carbonyl (C=O) groups excluding carboxylic acids is 1. The fourth-order valence-corrected chi connectivity index (χ4v) is 3.97. The van der Waals surface area contributed by atoms with E-state index in [4.69, 9.17) is 4.98 Å². The van der Waals surface area contributed by atoms with Gasteiger partial charge in [0.05, 0.1) is 10.6 Å². The second kappa shape index (κ2) is 6.57. The number of rotatable bonds is 4. The van der Waals surface area contributed by atoms with Gasteiger partial charge in [-0.15, -0.1) is 0 Å². The van der Waals surface area contributed by atoms with Gasteiger partial charge >= 0.3 is 0 Å². The summed E-state index contributed by atoms with van der Waals surface area (Å²) >= 11 is 3.56. The van der Waals surface area contributed by atoms with Crippen molar-refractivity contribution in [2.75, 3.05) is 29.5 Å². The molecule has 0 saturated carbocycles. The number of thioether (sulfide) groups is 1. The van der Waals surface area contributed by atoms with Crippen molar-refractivity contribution in [2.24, 2.45) is 0 Å². The van der Waals surface area contributed by atoms with Gasteiger partial charge in [-0.2, -0.15) is 11.8 Å². The minimum atomic E-state index is 0.372. The van der Waals surface area contributed by atoms with Crippen molar-refractivity contribution < 1.29 is 4.79 Å². The van der Waals surface area contributed by atoms with Crippen LogP contribution in [-0.2, 0) is 0 Å². The van der Waals surface area contributed by atoms with Gasteiger partial charge in [-0.05, 0) is 24.5 Å². The monoisotopic (exact) mass is 284 g/mol. The molecule has 0 bridgehead atoms. The highest BCUT2D eigenvalue weighted by atomic mass is 32.2. The molecule has 1 aromatic heterocycles. The lowest BCUT2D eigenvalue weighted by Crippen LogP contribution is -2.25. The second-order valence-electron chi connectivity index (χ2n) is 4.63. The van der Waals surface area contributed by atoms with E-state index < -0.39 is 0 Å². The first-order valence-corrected chi connectivity index (χ1v) is 8.52. The molecule has 18 heavy (non-hydrogen) atoms. The van der Waals surface area contributed by atoms with Gasteiger partial charge in [0.25, 0.3) is 0 Å². The van der Waals surface area contributed by atoms with Gasteiger partial charge in [0, 0.05) is 18.8 Å². The molecule has 5 heteroatoms. The number of carbonyl (C=O) groups is 1. The zero-order valence-corrected chi connectivity index (χ0v) is 12.6. The maximum atomic E-state index is 11.2. The lowest BCUT2D eigenvalue weighted by molar-refractivity contribution is 0.112. The highest BCUT2D eigenvalue weighted by Gasteiger charge is 2.19. The van der Waals surface area contributed by atoms with E-state index in [9.17, 15) is 4.79 Å². The number of aromatic nitrogens is 1. The molecular weight excluding hydrogens is 264 g/mol. The van der Waals surface area contributed by atoms with Crippen LogP contribution in [0.2, 0.25) is 0 Å². The molecule has 0 spiro atoms. The minimum absolute atomic E-state index is 0.372. The molecule has 1 aliphatic rings. The summed E-state index contributed by atoms with van der Waals surface area (Å²) < 4.78 is 0. The molecule has 1 unspecified atom stereocenters. The van der Waals surface area contributed by atoms with E-state index in [1.165, 1.54) is 12.2 Å². The van der Waals surface area contributed by atoms with Crippen LogP contribution in [0.25, 0.3) is 0 Å². The highest BCUT2D eigenvalue weighted by Crippen LogP contribution is 2.31. The molecule has 2 rings (SSSR count). The Bertz CT molecular complexity index is 398. The van der Waals surface area contributed by atoms with Gasteiger partial charge in [0.15, 0.2) is 11.4 Å². The van der Waals surface area contributed by atoms with Crippen LogP contribution in [0, 0.1) is 0 Å². The van der Waals surface area contributed by atoms with E-state index in [1.807, 2.05) is 11.8 Å². The number of aldehydes is 1. The molecule has 0 N–H and O–H groups in total. The molecule has 1 saturated heterocycles. The molecule has 100 valence electrons. The Morgan fingerprint density at radius 1 is 1.44 bits per heavy atom. The van der Waals surface area contributed by atoms with Gasteiger partial charge < -0.3 is 4.90 Å². The first-order valence-electron chi connectivity index (χ1n) is 6.54. The quantitative estimate of drug-likeness (QED) is 0.793. The molecule has 3 nitrogen and oxygen atoms in total. The second-order valence-corrected chi connectivity index (χ2v) is 6.86. The number of anilines is 1. The number of thiazole rings is 1. The number of hydrogen-bond donors (Lipinski definition) is 0. The molecular formula is C13H20N2OS2. The Kier molecular flexibility index (Phi) is 5.06. The van der Waals surface area contributed by atoms with Crippen molar-refractivity contribution in [3.05, 3.63) is 10.6 Å². The largest absolute Gasteiger partial charge is 0.347 e. The van der Waals surface area contributed by atoms with Crippen LogP contribution in [-0.4, -0.2) is 35.9 Å². The van der Waals surface area contributed by atoms with Crippen LogP contribution in [0.5, 0.6) is 0 Å². The van der Waals surface area contributed by atoms with Crippen LogP contribution in [0.15, 0.2) is 0 Å². The minimum Gasteiger partial charge on any atom is -0.347 e. The third-order valence-electron chi connectivity index (χ3n) is 3.35. The van der Waals surface area contributed by atoms with Gasteiger partial charge in [-0.25, -0.2) is 4.98 Å². The summed E-state index contributed by atoms with van der Waals surface area (Å²) in [7, 11) is 0. The van der Waals surface area contributed by atoms with E-state index in [-0.39, 0.29) is 0 Å². The molecule has 1 atom stereocenters. The Morgan fingerprint density at radius 3 is 3.00 bits per heavy atom. The molecule has 0 amide bonds. The molecule has 1 aromatic rings. The average molecular weight is 284 g/mol. The lowest BCUT2D eigenvalue weighted by atomic mass is 10.0. The first-order chi connectivity index (χ1) is 8.76. The maximum absolute atomic E-state index is 11.2. The van der Waals surface area contributed by atoms with E-state index in [1.54, 1.807) is 11.3 Å². The maximum Gasteiger partial charge on any atom is 0.186 e. The van der Waals surface area contributed by atoms with Crippen LogP contribution in [0.3, 0.4) is 0 Å². The Balaban J connectivity index is 2.22. The van der Waals surface area contributed by atoms with Crippen molar-refractivity contribution in [2.45, 2.75) is 32.6 Å². The topological polar surface area (TPSA) is 33.2 Å². The van der Waals surface area contributed by atoms with Crippen LogP contribution >= 0.6 is 23.1 Å². The van der Waals surface area contributed by atoms with E-state index >= 15 is 0 Å². The average Bonchev–Trinajstić information content (AvgIpc) is 2.64. The molecule has 0 radical (unpaired) electrons. The summed E-state index contributed by atoms with van der Waals surface area (Å²) in [6, 6.07) is 0. The first kappa shape index (κ1) is 13.9. The molecule has 1 fully saturated rings. The standard InChI is InChI=1S/C13H20N2OS2/c1-3-10(2)12-11(9-16)18-13(14-12)15-5-4-7-17-8-6-15/h9-10H,3-8H2,1-2H3. The Labute approximate surface area is 117 Å². The summed E-state index contributed by atoms with van der Waals surface area (Å²) in [4.78, 5) is 19.0. The fraction of sp³-hybridized carbons (Fsp3) is 0.692. The van der Waals surface area contributed by atoms with Gasteiger partial charge in [0.2, 0.25) is 0 Å². The van der Waals surface area contributed by atoms with Crippen LogP contribution in [0.4, 0.5) is 5.13 Å². The predicted molar refractivity (Wildman–Crippen MR) is 80.4 cm³/mol. The summed E-state index contributed by atoms with van der Waals surface area (Å²) in [6.45, 7) is 6.40. The summed E-state index contributed by atoms with van der Waals surface area (Å²) in [5.74, 6) is 2.77. The molecule has 0 aliphatic carbocycles. The molecule has 1 aliphatic heterocycles. The lowest BCUT2D eigenvalue weighted by Gasteiger charge is -2.18. The number of nitrogens with zero attached hydrogens (tertiary/aromatic N) is 2. The normalized spacial score (nSPS) is 18.4. The van der Waals surface area contributed by atoms with E-state index in [0.717, 1.165) is 47.3 Å². The fourth-order valence-electron chi connectivity index (χ4n) is 2.04. The van der Waals surface area contributed by atoms with Crippen molar-refractivity contribution >= 4 is 34.5 Å². The number of hydrogen-bond acceptors (Lipinski definition) is 5. The van der Waals surface area contributed by atoms with Crippen molar-refractivity contribution in [1.29, 1.82) is 0 Å². The smallest absolute Gasteiger partial charge is 0.186 e. The van der Waals surface area contributed by atoms with Gasteiger partial charge in [-0.1, -0.05) is 25.2 Å². The zero-order chi connectivity index (χ0) is 13.0. The molecule has 2 heterocycles. The van der Waals surface area contributed by atoms with Crippen molar-refractivity contribution in [1.82, 2.24) is 4.98 Å².